The summed E-state index contributed by atoms with van der Waals surface area (Å²) in [6, 6.07) is 15.7. The lowest BCUT2D eigenvalue weighted by molar-refractivity contribution is 0.0600. The molecule has 1 aliphatic rings. The van der Waals surface area contributed by atoms with Crippen LogP contribution < -0.4 is 0 Å². The maximum Gasteiger partial charge on any atom is 0.337 e. The largest absolute Gasteiger partial charge is 0.465 e. The van der Waals surface area contributed by atoms with Crippen molar-refractivity contribution in [1.82, 2.24) is 14.7 Å². The van der Waals surface area contributed by atoms with Crippen molar-refractivity contribution in [3.63, 3.8) is 0 Å². The quantitative estimate of drug-likeness (QED) is 0.640. The highest BCUT2D eigenvalue weighted by Gasteiger charge is 2.26. The Hall–Kier alpha value is -2.70. The standard InChI is InChI=1S/C25H33N3O3/c1-5-27(6-2)24(29)21-11-7-19(8-12-21)23(28-17-15-26(3)16-18-28)20-9-13-22(14-10-20)25(30)31-4/h7-14,23H,5-6,15-18H2,1-4H3. The molecule has 1 aliphatic heterocycles. The van der Waals surface area contributed by atoms with Crippen molar-refractivity contribution in [3.8, 4) is 0 Å². The van der Waals surface area contributed by atoms with Crippen LogP contribution in [0.1, 0.15) is 51.7 Å². The van der Waals surface area contributed by atoms with E-state index in [2.05, 4.69) is 29.0 Å². The van der Waals surface area contributed by atoms with Gasteiger partial charge in [0.25, 0.3) is 5.91 Å². The van der Waals surface area contributed by atoms with Crippen LogP contribution in [0.2, 0.25) is 0 Å². The molecule has 1 heterocycles. The molecule has 6 nitrogen and oxygen atoms in total. The minimum Gasteiger partial charge on any atom is -0.465 e. The average molecular weight is 424 g/mol. The molecule has 2 aromatic carbocycles. The molecule has 6 heteroatoms. The van der Waals surface area contributed by atoms with Crippen LogP contribution in [0.15, 0.2) is 48.5 Å². The van der Waals surface area contributed by atoms with Gasteiger partial charge in [-0.25, -0.2) is 4.79 Å². The summed E-state index contributed by atoms with van der Waals surface area (Å²) >= 11 is 0. The molecule has 0 aromatic heterocycles. The Morgan fingerprint density at radius 2 is 1.35 bits per heavy atom. The van der Waals surface area contributed by atoms with Crippen LogP contribution >= 0.6 is 0 Å². The number of esters is 1. The highest BCUT2D eigenvalue weighted by Crippen LogP contribution is 2.30. The van der Waals surface area contributed by atoms with E-state index in [1.165, 1.54) is 7.11 Å². The van der Waals surface area contributed by atoms with Gasteiger partial charge in [-0.1, -0.05) is 24.3 Å². The summed E-state index contributed by atoms with van der Waals surface area (Å²) in [6.07, 6.45) is 0. The van der Waals surface area contributed by atoms with Crippen molar-refractivity contribution >= 4 is 11.9 Å². The lowest BCUT2D eigenvalue weighted by Crippen LogP contribution is -2.46. The number of piperazine rings is 1. The van der Waals surface area contributed by atoms with Gasteiger partial charge in [-0.2, -0.15) is 0 Å². The second kappa shape index (κ2) is 10.6. The van der Waals surface area contributed by atoms with E-state index in [-0.39, 0.29) is 17.9 Å². The molecule has 0 aliphatic carbocycles. The van der Waals surface area contributed by atoms with Crippen molar-refractivity contribution in [1.29, 1.82) is 0 Å². The summed E-state index contributed by atoms with van der Waals surface area (Å²) in [4.78, 5) is 31.2. The van der Waals surface area contributed by atoms with Gasteiger partial charge in [0.05, 0.1) is 18.7 Å². The van der Waals surface area contributed by atoms with E-state index in [9.17, 15) is 9.59 Å². The highest BCUT2D eigenvalue weighted by molar-refractivity contribution is 5.94. The summed E-state index contributed by atoms with van der Waals surface area (Å²) in [7, 11) is 3.54. The molecule has 0 saturated carbocycles. The monoisotopic (exact) mass is 423 g/mol. The summed E-state index contributed by atoms with van der Waals surface area (Å²) in [5.41, 5.74) is 3.53. The first-order chi connectivity index (χ1) is 15.0. The Labute approximate surface area is 185 Å². The lowest BCUT2D eigenvalue weighted by Gasteiger charge is -2.38. The third-order valence-corrected chi connectivity index (χ3v) is 6.07. The molecule has 2 aromatic rings. The molecule has 166 valence electrons. The molecule has 3 rings (SSSR count). The van der Waals surface area contributed by atoms with Crippen molar-refractivity contribution < 1.29 is 14.3 Å². The van der Waals surface area contributed by atoms with Crippen LogP contribution in [-0.2, 0) is 4.74 Å². The van der Waals surface area contributed by atoms with Gasteiger partial charge in [0.1, 0.15) is 0 Å². The van der Waals surface area contributed by atoms with E-state index >= 15 is 0 Å². The molecule has 0 bridgehead atoms. The van der Waals surface area contributed by atoms with Gasteiger partial charge < -0.3 is 14.5 Å². The van der Waals surface area contributed by atoms with Gasteiger partial charge in [-0.05, 0) is 56.3 Å². The van der Waals surface area contributed by atoms with Crippen molar-refractivity contribution in [2.75, 3.05) is 53.4 Å². The molecule has 1 saturated heterocycles. The topological polar surface area (TPSA) is 53.1 Å². The first-order valence-electron chi connectivity index (χ1n) is 11.0. The van der Waals surface area contributed by atoms with Crippen LogP contribution in [0, 0.1) is 0 Å². The van der Waals surface area contributed by atoms with Crippen LogP contribution in [0.3, 0.4) is 0 Å². The van der Waals surface area contributed by atoms with Crippen LogP contribution in [0.4, 0.5) is 0 Å². The predicted molar refractivity (Wildman–Crippen MR) is 122 cm³/mol. The number of benzene rings is 2. The van der Waals surface area contributed by atoms with E-state index in [0.29, 0.717) is 24.2 Å². The normalized spacial score (nSPS) is 16.0. The van der Waals surface area contributed by atoms with E-state index in [0.717, 1.165) is 37.3 Å². The third-order valence-electron chi connectivity index (χ3n) is 6.07. The highest BCUT2D eigenvalue weighted by atomic mass is 16.5. The Kier molecular flexibility index (Phi) is 7.82. The third kappa shape index (κ3) is 5.32. The maximum absolute atomic E-state index is 12.7. The maximum atomic E-state index is 12.7. The number of carbonyl (C=O) groups is 2. The van der Waals surface area contributed by atoms with Crippen molar-refractivity contribution in [3.05, 3.63) is 70.8 Å². The number of carbonyl (C=O) groups excluding carboxylic acids is 2. The Balaban J connectivity index is 1.91. The smallest absolute Gasteiger partial charge is 0.337 e. The molecule has 0 radical (unpaired) electrons. The van der Waals surface area contributed by atoms with Gasteiger partial charge in [0.2, 0.25) is 0 Å². The Bertz CT molecular complexity index is 868. The van der Waals surface area contributed by atoms with Crippen LogP contribution in [0.5, 0.6) is 0 Å². The summed E-state index contributed by atoms with van der Waals surface area (Å²) < 4.78 is 4.83. The molecule has 31 heavy (non-hydrogen) atoms. The molecule has 1 atom stereocenters. The average Bonchev–Trinajstić information content (AvgIpc) is 2.81. The van der Waals surface area contributed by atoms with E-state index in [1.54, 1.807) is 0 Å². The SMILES string of the molecule is CCN(CC)C(=O)c1ccc(C(c2ccc(C(=O)OC)cc2)N2CCN(C)CC2)cc1. The first kappa shape index (κ1) is 23.0. The van der Waals surface area contributed by atoms with E-state index in [1.807, 2.05) is 55.1 Å². The van der Waals surface area contributed by atoms with Gasteiger partial charge in [0.15, 0.2) is 0 Å². The number of amides is 1. The molecule has 0 spiro atoms. The fraction of sp³-hybridized carbons (Fsp3) is 0.440. The van der Waals surface area contributed by atoms with Crippen molar-refractivity contribution in [2.24, 2.45) is 0 Å². The van der Waals surface area contributed by atoms with E-state index in [4.69, 9.17) is 4.74 Å². The molecule has 1 fully saturated rings. The fourth-order valence-corrected chi connectivity index (χ4v) is 4.11. The molecule has 1 unspecified atom stereocenters. The minimum absolute atomic E-state index is 0.0649. The summed E-state index contributed by atoms with van der Waals surface area (Å²) in [5.74, 6) is -0.267. The van der Waals surface area contributed by atoms with Crippen LogP contribution in [-0.4, -0.2) is 80.0 Å². The second-order valence-electron chi connectivity index (χ2n) is 7.95. The van der Waals surface area contributed by atoms with Gasteiger partial charge in [0, 0.05) is 44.8 Å². The number of ether oxygens (including phenoxy) is 1. The Morgan fingerprint density at radius 1 is 0.871 bits per heavy atom. The second-order valence-corrected chi connectivity index (χ2v) is 7.95. The predicted octanol–water partition coefficient (Wildman–Crippen LogP) is 3.29. The molecular formula is C25H33N3O3. The summed E-state index contributed by atoms with van der Waals surface area (Å²) in [6.45, 7) is 9.33. The van der Waals surface area contributed by atoms with E-state index < -0.39 is 0 Å². The summed E-state index contributed by atoms with van der Waals surface area (Å²) in [5, 5.41) is 0. The lowest BCUT2D eigenvalue weighted by atomic mass is 9.94. The molecule has 0 N–H and O–H groups in total. The number of hydrogen-bond acceptors (Lipinski definition) is 5. The van der Waals surface area contributed by atoms with Gasteiger partial charge in [-0.15, -0.1) is 0 Å². The zero-order valence-electron chi connectivity index (χ0n) is 19.0. The molecular weight excluding hydrogens is 390 g/mol. The van der Waals surface area contributed by atoms with Crippen LogP contribution in [0.25, 0.3) is 0 Å². The van der Waals surface area contributed by atoms with Crippen molar-refractivity contribution in [2.45, 2.75) is 19.9 Å². The number of methoxy groups -OCH3 is 1. The minimum atomic E-state index is -0.332. The molecule has 1 amide bonds. The fourth-order valence-electron chi connectivity index (χ4n) is 4.11. The zero-order chi connectivity index (χ0) is 22.4. The zero-order valence-corrected chi connectivity index (χ0v) is 19.0. The Morgan fingerprint density at radius 3 is 1.81 bits per heavy atom. The number of rotatable bonds is 7. The van der Waals surface area contributed by atoms with Gasteiger partial charge >= 0.3 is 5.97 Å². The first-order valence-corrected chi connectivity index (χ1v) is 11.0. The number of hydrogen-bond donors (Lipinski definition) is 0. The van der Waals surface area contributed by atoms with Gasteiger partial charge in [-0.3, -0.25) is 9.69 Å². The number of nitrogens with zero attached hydrogens (tertiary/aromatic N) is 3. The number of likely N-dealkylation sites (N-methyl/N-ethyl adjacent to an activating group) is 1.